The molecule has 13 heteroatoms. The van der Waals surface area contributed by atoms with Crippen molar-refractivity contribution in [3.05, 3.63) is 48.3 Å². The third-order valence-electron chi connectivity index (χ3n) is 4.69. The van der Waals surface area contributed by atoms with Crippen LogP contribution in [-0.2, 0) is 21.4 Å². The minimum atomic E-state index is -4.87. The van der Waals surface area contributed by atoms with E-state index in [4.69, 9.17) is 0 Å². The van der Waals surface area contributed by atoms with Gasteiger partial charge in [0, 0.05) is 6.20 Å². The van der Waals surface area contributed by atoms with Crippen molar-refractivity contribution in [1.82, 2.24) is 9.88 Å². The molecule has 9 nitrogen and oxygen atoms in total. The molecule has 0 aliphatic carbocycles. The van der Waals surface area contributed by atoms with Crippen LogP contribution in [-0.4, -0.2) is 48.4 Å². The van der Waals surface area contributed by atoms with E-state index in [2.05, 4.69) is 14.4 Å². The van der Waals surface area contributed by atoms with E-state index in [1.54, 1.807) is 0 Å². The molecule has 0 spiro atoms. The summed E-state index contributed by atoms with van der Waals surface area (Å²) in [6.07, 6.45) is -1.22. The third kappa shape index (κ3) is 4.93. The van der Waals surface area contributed by atoms with Crippen molar-refractivity contribution in [2.24, 2.45) is 0 Å². The highest BCUT2D eigenvalue weighted by atomic mass is 32.2. The van der Waals surface area contributed by atoms with Crippen LogP contribution in [0.2, 0.25) is 0 Å². The number of imide groups is 1. The molecule has 1 fully saturated rings. The number of carbonyl (C=O) groups is 2. The predicted octanol–water partition coefficient (Wildman–Crippen LogP) is 3.10. The summed E-state index contributed by atoms with van der Waals surface area (Å²) in [5.41, 5.74) is -0.702. The number of hydrogen-bond donors (Lipinski definition) is 1. The van der Waals surface area contributed by atoms with E-state index in [1.165, 1.54) is 49.3 Å². The van der Waals surface area contributed by atoms with Gasteiger partial charge in [0.25, 0.3) is 5.91 Å². The summed E-state index contributed by atoms with van der Waals surface area (Å²) in [5, 5.41) is 0. The van der Waals surface area contributed by atoms with Crippen molar-refractivity contribution in [2.45, 2.75) is 32.3 Å². The summed E-state index contributed by atoms with van der Waals surface area (Å²) < 4.78 is 66.5. The number of benzene rings is 1. The first-order chi connectivity index (χ1) is 14.7. The number of alkyl halides is 3. The molecule has 0 unspecified atom stereocenters. The molecule has 0 saturated carbocycles. The zero-order valence-corrected chi connectivity index (χ0v) is 18.0. The molecular formula is C19H19F3N4O5S. The van der Waals surface area contributed by atoms with Gasteiger partial charge in [-0.1, -0.05) is 0 Å². The molecule has 1 aliphatic heterocycles. The molecule has 0 radical (unpaired) electrons. The summed E-state index contributed by atoms with van der Waals surface area (Å²) in [6, 6.07) is 5.12. The Morgan fingerprint density at radius 2 is 1.75 bits per heavy atom. The van der Waals surface area contributed by atoms with E-state index in [-0.39, 0.29) is 17.9 Å². The van der Waals surface area contributed by atoms with Crippen LogP contribution in [0.5, 0.6) is 5.75 Å². The quantitative estimate of drug-likeness (QED) is 0.648. The highest BCUT2D eigenvalue weighted by molar-refractivity contribution is 7.92. The van der Waals surface area contributed by atoms with Gasteiger partial charge in [-0.15, -0.1) is 13.2 Å². The zero-order chi connectivity index (χ0) is 23.9. The van der Waals surface area contributed by atoms with Crippen LogP contribution in [0.1, 0.15) is 19.4 Å². The monoisotopic (exact) mass is 472 g/mol. The van der Waals surface area contributed by atoms with Crippen molar-refractivity contribution in [3.8, 4) is 5.75 Å². The number of halogens is 3. The molecule has 1 saturated heterocycles. The molecule has 2 heterocycles. The number of nitrogens with one attached hydrogen (secondary N) is 1. The maximum Gasteiger partial charge on any atom is 0.573 e. The van der Waals surface area contributed by atoms with E-state index in [0.717, 1.165) is 23.3 Å². The average Bonchev–Trinajstić information content (AvgIpc) is 2.81. The lowest BCUT2D eigenvalue weighted by Gasteiger charge is -2.28. The second-order valence-electron chi connectivity index (χ2n) is 7.52. The van der Waals surface area contributed by atoms with Crippen LogP contribution in [0.25, 0.3) is 0 Å². The zero-order valence-electron chi connectivity index (χ0n) is 17.2. The Bertz CT molecular complexity index is 1150. The largest absolute Gasteiger partial charge is 0.573 e. The van der Waals surface area contributed by atoms with Crippen molar-refractivity contribution in [1.29, 1.82) is 0 Å². The van der Waals surface area contributed by atoms with E-state index < -0.39 is 39.6 Å². The standard InChI is InChI=1S/C19H19F3N4O5S/c1-18(2)16(27)26(13-4-6-14(7-5-13)31-19(20,21)22)17(28)25(18)11-12-8-9-23-10-15(12)24-32(3,29)30/h4-10,24H,11H2,1-3H3. The highest BCUT2D eigenvalue weighted by Crippen LogP contribution is 2.35. The van der Waals surface area contributed by atoms with Crippen LogP contribution in [0.15, 0.2) is 42.7 Å². The normalized spacial score (nSPS) is 16.4. The molecule has 1 aliphatic rings. The predicted molar refractivity (Wildman–Crippen MR) is 108 cm³/mol. The second-order valence-corrected chi connectivity index (χ2v) is 9.27. The lowest BCUT2D eigenvalue weighted by molar-refractivity contribution is -0.274. The summed E-state index contributed by atoms with van der Waals surface area (Å²) in [4.78, 5) is 32.1. The van der Waals surface area contributed by atoms with Gasteiger partial charge in [-0.2, -0.15) is 0 Å². The Morgan fingerprint density at radius 1 is 1.12 bits per heavy atom. The molecular weight excluding hydrogens is 453 g/mol. The summed E-state index contributed by atoms with van der Waals surface area (Å²) >= 11 is 0. The molecule has 0 bridgehead atoms. The van der Waals surface area contributed by atoms with Crippen LogP contribution < -0.4 is 14.4 Å². The first-order valence-electron chi connectivity index (χ1n) is 9.12. The Kier molecular flexibility index (Phi) is 5.80. The number of sulfonamides is 1. The van der Waals surface area contributed by atoms with Crippen molar-refractivity contribution in [3.63, 3.8) is 0 Å². The molecule has 1 aromatic carbocycles. The van der Waals surface area contributed by atoms with Crippen LogP contribution in [0, 0.1) is 0 Å². The number of aromatic nitrogens is 1. The lowest BCUT2D eigenvalue weighted by atomic mass is 10.0. The smallest absolute Gasteiger partial charge is 0.406 e. The van der Waals surface area contributed by atoms with Crippen molar-refractivity contribution in [2.75, 3.05) is 15.9 Å². The SMILES string of the molecule is CC1(C)C(=O)N(c2ccc(OC(F)(F)F)cc2)C(=O)N1Cc1ccncc1NS(C)(=O)=O. The van der Waals surface area contributed by atoms with Crippen LogP contribution in [0.3, 0.4) is 0 Å². The molecule has 172 valence electrons. The third-order valence-corrected chi connectivity index (χ3v) is 5.28. The number of anilines is 2. The van der Waals surface area contributed by atoms with Gasteiger partial charge >= 0.3 is 12.4 Å². The van der Waals surface area contributed by atoms with E-state index in [0.29, 0.717) is 5.56 Å². The Balaban J connectivity index is 1.90. The minimum Gasteiger partial charge on any atom is -0.406 e. The molecule has 2 aromatic rings. The number of ether oxygens (including phenoxy) is 1. The van der Waals surface area contributed by atoms with Gasteiger partial charge in [-0.05, 0) is 49.7 Å². The number of pyridine rings is 1. The fourth-order valence-corrected chi connectivity index (χ4v) is 3.73. The van der Waals surface area contributed by atoms with E-state index >= 15 is 0 Å². The van der Waals surface area contributed by atoms with Gasteiger partial charge in [-0.25, -0.2) is 18.1 Å². The molecule has 3 rings (SSSR count). The van der Waals surface area contributed by atoms with Crippen molar-refractivity contribution >= 4 is 33.3 Å². The van der Waals surface area contributed by atoms with Crippen molar-refractivity contribution < 1.29 is 35.9 Å². The lowest BCUT2D eigenvalue weighted by Crippen LogP contribution is -2.43. The summed E-state index contributed by atoms with van der Waals surface area (Å²) in [6.45, 7) is 2.90. The molecule has 32 heavy (non-hydrogen) atoms. The summed E-state index contributed by atoms with van der Waals surface area (Å²) in [7, 11) is -3.62. The first kappa shape index (κ1) is 23.3. The van der Waals surface area contributed by atoms with Gasteiger partial charge < -0.3 is 9.64 Å². The fourth-order valence-electron chi connectivity index (χ4n) is 3.15. The number of amides is 3. The van der Waals surface area contributed by atoms with Gasteiger partial charge in [-0.3, -0.25) is 14.5 Å². The Hall–Kier alpha value is -3.35. The van der Waals surface area contributed by atoms with Gasteiger partial charge in [0.1, 0.15) is 11.3 Å². The number of carbonyl (C=O) groups excluding carboxylic acids is 2. The van der Waals surface area contributed by atoms with Crippen LogP contribution >= 0.6 is 0 Å². The Labute approximate surface area is 181 Å². The molecule has 0 atom stereocenters. The second kappa shape index (κ2) is 7.97. The minimum absolute atomic E-state index is 0.0642. The summed E-state index contributed by atoms with van der Waals surface area (Å²) in [5.74, 6) is -1.09. The van der Waals surface area contributed by atoms with E-state index in [9.17, 15) is 31.2 Å². The van der Waals surface area contributed by atoms with Gasteiger partial charge in [0.05, 0.1) is 30.4 Å². The number of urea groups is 1. The maximum atomic E-state index is 13.1. The van der Waals surface area contributed by atoms with Crippen LogP contribution in [0.4, 0.5) is 29.3 Å². The average molecular weight is 472 g/mol. The fraction of sp³-hybridized carbons (Fsp3) is 0.316. The molecule has 1 N–H and O–H groups in total. The Morgan fingerprint density at radius 3 is 2.31 bits per heavy atom. The first-order valence-corrected chi connectivity index (χ1v) is 11.0. The topological polar surface area (TPSA) is 109 Å². The number of hydrogen-bond acceptors (Lipinski definition) is 6. The van der Waals surface area contributed by atoms with E-state index in [1.807, 2.05) is 0 Å². The van der Waals surface area contributed by atoms with Gasteiger partial charge in [0.15, 0.2) is 0 Å². The molecule has 1 aromatic heterocycles. The molecule has 3 amide bonds. The highest BCUT2D eigenvalue weighted by Gasteiger charge is 2.52. The van der Waals surface area contributed by atoms with Gasteiger partial charge in [0.2, 0.25) is 10.0 Å². The number of rotatable bonds is 6. The maximum absolute atomic E-state index is 13.1. The number of nitrogens with zero attached hydrogens (tertiary/aromatic N) is 3.